The molecule has 1 rings (SSSR count). The van der Waals surface area contributed by atoms with Gasteiger partial charge < -0.3 is 5.11 Å². The number of carboxylic acids is 1. The zero-order valence-electron chi connectivity index (χ0n) is 7.80. The van der Waals surface area contributed by atoms with E-state index in [0.717, 1.165) is 6.92 Å². The van der Waals surface area contributed by atoms with Gasteiger partial charge in [-0.3, -0.25) is 19.9 Å². The van der Waals surface area contributed by atoms with Gasteiger partial charge in [0.2, 0.25) is 0 Å². The summed E-state index contributed by atoms with van der Waals surface area (Å²) in [5.41, 5.74) is 0.711. The minimum Gasteiger partial charge on any atom is -0.481 e. The predicted molar refractivity (Wildman–Crippen MR) is 48.9 cm³/mol. The topological polar surface area (TPSA) is 93.3 Å². The molecule has 0 amide bonds. The Labute approximate surface area is 80.4 Å². The SMILES string of the molecule is CC(=O)O.Cc1ccncc1[N+](=O)[O-]. The third kappa shape index (κ3) is 4.81. The van der Waals surface area contributed by atoms with Gasteiger partial charge in [0, 0.05) is 18.7 Å². The highest BCUT2D eigenvalue weighted by Gasteiger charge is 2.07. The zero-order chi connectivity index (χ0) is 11.1. The number of carbonyl (C=O) groups is 1. The molecule has 1 N–H and O–H groups in total. The van der Waals surface area contributed by atoms with Crippen LogP contribution in [0.25, 0.3) is 0 Å². The van der Waals surface area contributed by atoms with Crippen LogP contribution in [0.5, 0.6) is 0 Å². The van der Waals surface area contributed by atoms with Crippen LogP contribution in [0.4, 0.5) is 5.69 Å². The first-order chi connectivity index (χ1) is 6.45. The van der Waals surface area contributed by atoms with Crippen molar-refractivity contribution in [1.82, 2.24) is 4.98 Å². The molecule has 0 radical (unpaired) electrons. The highest BCUT2D eigenvalue weighted by Crippen LogP contribution is 2.13. The molecule has 0 spiro atoms. The summed E-state index contributed by atoms with van der Waals surface area (Å²) < 4.78 is 0. The largest absolute Gasteiger partial charge is 0.481 e. The molecule has 6 heteroatoms. The van der Waals surface area contributed by atoms with Crippen LogP contribution in [-0.2, 0) is 4.79 Å². The van der Waals surface area contributed by atoms with Gasteiger partial charge in [0.1, 0.15) is 6.20 Å². The second-order valence-corrected chi connectivity index (χ2v) is 2.44. The van der Waals surface area contributed by atoms with Gasteiger partial charge in [-0.25, -0.2) is 0 Å². The van der Waals surface area contributed by atoms with Crippen molar-refractivity contribution in [2.75, 3.05) is 0 Å². The Morgan fingerprint density at radius 1 is 1.64 bits per heavy atom. The maximum Gasteiger partial charge on any atom is 0.300 e. The third-order valence-corrected chi connectivity index (χ3v) is 1.21. The average Bonchev–Trinajstić information content (AvgIpc) is 2.03. The Bertz CT molecular complexity index is 334. The molecule has 14 heavy (non-hydrogen) atoms. The van der Waals surface area contributed by atoms with E-state index >= 15 is 0 Å². The van der Waals surface area contributed by atoms with Gasteiger partial charge in [-0.2, -0.15) is 0 Å². The number of hydrogen-bond donors (Lipinski definition) is 1. The van der Waals surface area contributed by atoms with Gasteiger partial charge in [-0.1, -0.05) is 0 Å². The number of pyridine rings is 1. The standard InChI is InChI=1S/C6H6N2O2.C2H4O2/c1-5-2-3-7-4-6(5)8(9)10;1-2(3)4/h2-4H,1H3;1H3,(H,3,4). The van der Waals surface area contributed by atoms with Crippen LogP contribution in [0.2, 0.25) is 0 Å². The Kier molecular flexibility index (Phi) is 4.83. The lowest BCUT2D eigenvalue weighted by atomic mass is 10.3. The molecule has 0 aliphatic rings. The fraction of sp³-hybridized carbons (Fsp3) is 0.250. The molecule has 0 unspecified atom stereocenters. The van der Waals surface area contributed by atoms with Crippen LogP contribution in [0.3, 0.4) is 0 Å². The number of aromatic nitrogens is 1. The lowest BCUT2D eigenvalue weighted by Gasteiger charge is -1.91. The summed E-state index contributed by atoms with van der Waals surface area (Å²) in [6.45, 7) is 2.76. The maximum atomic E-state index is 10.2. The van der Waals surface area contributed by atoms with Crippen molar-refractivity contribution in [2.24, 2.45) is 0 Å². The number of carboxylic acid groups (broad SMARTS) is 1. The molecule has 0 aliphatic carbocycles. The summed E-state index contributed by atoms with van der Waals surface area (Å²) in [6, 6.07) is 1.61. The van der Waals surface area contributed by atoms with E-state index in [4.69, 9.17) is 9.90 Å². The van der Waals surface area contributed by atoms with E-state index in [1.165, 1.54) is 12.4 Å². The van der Waals surface area contributed by atoms with Crippen molar-refractivity contribution < 1.29 is 14.8 Å². The molecule has 0 aromatic carbocycles. The zero-order valence-corrected chi connectivity index (χ0v) is 7.80. The molecule has 0 bridgehead atoms. The normalized spacial score (nSPS) is 8.43. The van der Waals surface area contributed by atoms with Gasteiger partial charge >= 0.3 is 0 Å². The van der Waals surface area contributed by atoms with Gasteiger partial charge in [0.25, 0.3) is 11.7 Å². The van der Waals surface area contributed by atoms with Crippen molar-refractivity contribution in [2.45, 2.75) is 13.8 Å². The molecule has 6 nitrogen and oxygen atoms in total. The van der Waals surface area contributed by atoms with Crippen molar-refractivity contribution in [3.8, 4) is 0 Å². The Morgan fingerprint density at radius 3 is 2.43 bits per heavy atom. The highest BCUT2D eigenvalue weighted by molar-refractivity contribution is 5.62. The maximum absolute atomic E-state index is 10.2. The quantitative estimate of drug-likeness (QED) is 0.543. The number of nitro groups is 1. The van der Waals surface area contributed by atoms with Crippen molar-refractivity contribution in [3.05, 3.63) is 34.1 Å². The first-order valence-electron chi connectivity index (χ1n) is 3.69. The first kappa shape index (κ1) is 12.0. The van der Waals surface area contributed by atoms with E-state index in [1.54, 1.807) is 13.0 Å². The van der Waals surface area contributed by atoms with Crippen LogP contribution in [0.15, 0.2) is 18.5 Å². The smallest absolute Gasteiger partial charge is 0.300 e. The first-order valence-corrected chi connectivity index (χ1v) is 3.69. The molecule has 0 saturated heterocycles. The lowest BCUT2D eigenvalue weighted by Crippen LogP contribution is -1.91. The van der Waals surface area contributed by atoms with E-state index in [9.17, 15) is 10.1 Å². The number of aliphatic carboxylic acids is 1. The van der Waals surface area contributed by atoms with E-state index in [-0.39, 0.29) is 5.69 Å². The lowest BCUT2D eigenvalue weighted by molar-refractivity contribution is -0.385. The fourth-order valence-corrected chi connectivity index (χ4v) is 0.647. The number of hydrogen-bond acceptors (Lipinski definition) is 4. The molecule has 1 aromatic heterocycles. The van der Waals surface area contributed by atoms with Crippen molar-refractivity contribution in [3.63, 3.8) is 0 Å². The number of aryl methyl sites for hydroxylation is 1. The van der Waals surface area contributed by atoms with E-state index < -0.39 is 10.9 Å². The molecule has 1 heterocycles. The minimum absolute atomic E-state index is 0.0718. The van der Waals surface area contributed by atoms with Crippen LogP contribution >= 0.6 is 0 Å². The molecule has 1 aromatic rings. The number of nitrogens with zero attached hydrogens (tertiary/aromatic N) is 2. The van der Waals surface area contributed by atoms with Gasteiger partial charge in [0.05, 0.1) is 4.92 Å². The molecule has 0 atom stereocenters. The Balaban J connectivity index is 0.000000364. The molecule has 76 valence electrons. The molecular formula is C8H10N2O4. The fourth-order valence-electron chi connectivity index (χ4n) is 0.647. The van der Waals surface area contributed by atoms with Crippen molar-refractivity contribution in [1.29, 1.82) is 0 Å². The minimum atomic E-state index is -0.833. The summed E-state index contributed by atoms with van der Waals surface area (Å²) in [6.07, 6.45) is 2.78. The summed E-state index contributed by atoms with van der Waals surface area (Å²) in [5, 5.41) is 17.6. The van der Waals surface area contributed by atoms with Gasteiger partial charge in [0.15, 0.2) is 0 Å². The Hall–Kier alpha value is -1.98. The molecule has 0 saturated carbocycles. The number of rotatable bonds is 1. The van der Waals surface area contributed by atoms with Crippen molar-refractivity contribution >= 4 is 11.7 Å². The van der Waals surface area contributed by atoms with Crippen LogP contribution < -0.4 is 0 Å². The predicted octanol–water partition coefficient (Wildman–Crippen LogP) is 1.39. The molecular weight excluding hydrogens is 188 g/mol. The van der Waals surface area contributed by atoms with E-state index in [2.05, 4.69) is 4.98 Å². The van der Waals surface area contributed by atoms with Crippen LogP contribution in [0.1, 0.15) is 12.5 Å². The molecule has 0 fully saturated rings. The second kappa shape index (κ2) is 5.63. The monoisotopic (exact) mass is 198 g/mol. The van der Waals surface area contributed by atoms with Gasteiger partial charge in [-0.15, -0.1) is 0 Å². The summed E-state index contributed by atoms with van der Waals surface area (Å²) in [4.78, 5) is 22.4. The second-order valence-electron chi connectivity index (χ2n) is 2.44. The molecule has 0 aliphatic heterocycles. The average molecular weight is 198 g/mol. The van der Waals surface area contributed by atoms with E-state index in [0.29, 0.717) is 5.56 Å². The third-order valence-electron chi connectivity index (χ3n) is 1.21. The van der Waals surface area contributed by atoms with E-state index in [1.807, 2.05) is 0 Å². The summed E-state index contributed by atoms with van der Waals surface area (Å²) in [7, 11) is 0. The van der Waals surface area contributed by atoms with Gasteiger partial charge in [-0.05, 0) is 13.0 Å². The summed E-state index contributed by atoms with van der Waals surface area (Å²) in [5.74, 6) is -0.833. The van der Waals surface area contributed by atoms with Crippen LogP contribution in [0, 0.1) is 17.0 Å². The highest BCUT2D eigenvalue weighted by atomic mass is 16.6. The summed E-state index contributed by atoms with van der Waals surface area (Å²) >= 11 is 0. The Morgan fingerprint density at radius 2 is 2.14 bits per heavy atom. The van der Waals surface area contributed by atoms with Crippen LogP contribution in [-0.4, -0.2) is 21.0 Å².